The number of allylic oxidation sites excluding steroid dienone is 1. The lowest BCUT2D eigenvalue weighted by Crippen LogP contribution is -1.99. The molecule has 0 aromatic carbocycles. The van der Waals surface area contributed by atoms with E-state index < -0.39 is 0 Å². The van der Waals surface area contributed by atoms with Crippen LogP contribution in [-0.2, 0) is 0 Å². The van der Waals surface area contributed by atoms with Crippen molar-refractivity contribution in [1.82, 2.24) is 9.97 Å². The molecule has 0 spiro atoms. The molecule has 0 unspecified atom stereocenters. The predicted molar refractivity (Wildman–Crippen MR) is 57.4 cm³/mol. The number of nitrogen functional groups attached to an aromatic ring is 1. The molecule has 0 amide bonds. The largest absolute Gasteiger partial charge is 0.478 e. The van der Waals surface area contributed by atoms with Crippen molar-refractivity contribution in [3.8, 4) is 5.88 Å². The zero-order valence-electron chi connectivity index (χ0n) is 7.90. The lowest BCUT2D eigenvalue weighted by molar-refractivity contribution is 0.398. The Morgan fingerprint density at radius 1 is 1.64 bits per heavy atom. The standard InChI is InChI=1S/C9H12ClN3O/c1-14-9-8(11)12-6-7(13-9)4-2-3-5-10/h2,4,6H,3,5H2,1H3,(H2,11,12). The highest BCUT2D eigenvalue weighted by atomic mass is 35.5. The third-order valence-electron chi connectivity index (χ3n) is 1.54. The van der Waals surface area contributed by atoms with Gasteiger partial charge < -0.3 is 10.5 Å². The molecule has 0 saturated carbocycles. The Hall–Kier alpha value is -1.29. The van der Waals surface area contributed by atoms with Crippen LogP contribution in [0.1, 0.15) is 12.1 Å². The summed E-state index contributed by atoms with van der Waals surface area (Å²) in [6.45, 7) is 0. The van der Waals surface area contributed by atoms with Crippen LogP contribution in [0.2, 0.25) is 0 Å². The summed E-state index contributed by atoms with van der Waals surface area (Å²) in [4.78, 5) is 8.06. The summed E-state index contributed by atoms with van der Waals surface area (Å²) in [6, 6.07) is 0. The van der Waals surface area contributed by atoms with E-state index in [0.717, 1.165) is 6.42 Å². The van der Waals surface area contributed by atoms with Crippen LogP contribution in [-0.4, -0.2) is 23.0 Å². The molecule has 5 heteroatoms. The number of halogens is 1. The molecule has 0 aliphatic heterocycles. The highest BCUT2D eigenvalue weighted by Crippen LogP contribution is 2.14. The third-order valence-corrected chi connectivity index (χ3v) is 1.76. The first-order valence-electron chi connectivity index (χ1n) is 4.17. The van der Waals surface area contributed by atoms with E-state index >= 15 is 0 Å². The molecule has 0 saturated heterocycles. The summed E-state index contributed by atoms with van der Waals surface area (Å²) >= 11 is 5.52. The number of hydrogen-bond acceptors (Lipinski definition) is 4. The van der Waals surface area contributed by atoms with E-state index in [0.29, 0.717) is 23.3 Å². The number of alkyl halides is 1. The van der Waals surface area contributed by atoms with Crippen molar-refractivity contribution in [3.05, 3.63) is 18.0 Å². The Morgan fingerprint density at radius 2 is 2.43 bits per heavy atom. The summed E-state index contributed by atoms with van der Waals surface area (Å²) in [5, 5.41) is 0. The topological polar surface area (TPSA) is 61.0 Å². The van der Waals surface area contributed by atoms with Crippen LogP contribution in [0.4, 0.5) is 5.82 Å². The predicted octanol–water partition coefficient (Wildman–Crippen LogP) is 1.71. The lowest BCUT2D eigenvalue weighted by atomic mass is 10.3. The normalized spacial score (nSPS) is 10.7. The monoisotopic (exact) mass is 213 g/mol. The molecule has 0 bridgehead atoms. The van der Waals surface area contributed by atoms with Crippen molar-refractivity contribution in [2.24, 2.45) is 0 Å². The van der Waals surface area contributed by atoms with Gasteiger partial charge in [-0.1, -0.05) is 6.08 Å². The molecule has 1 heterocycles. The molecule has 76 valence electrons. The summed E-state index contributed by atoms with van der Waals surface area (Å²) in [5.41, 5.74) is 6.22. The van der Waals surface area contributed by atoms with Crippen LogP contribution in [0, 0.1) is 0 Å². The molecule has 14 heavy (non-hydrogen) atoms. The molecule has 0 aliphatic rings. The smallest absolute Gasteiger partial charge is 0.257 e. The summed E-state index contributed by atoms with van der Waals surface area (Å²) in [7, 11) is 1.51. The first-order chi connectivity index (χ1) is 6.77. The van der Waals surface area contributed by atoms with Gasteiger partial charge in [0.25, 0.3) is 5.88 Å². The number of rotatable bonds is 4. The maximum absolute atomic E-state index is 5.52. The van der Waals surface area contributed by atoms with Crippen LogP contribution in [0.15, 0.2) is 12.3 Å². The van der Waals surface area contributed by atoms with Gasteiger partial charge in [-0.15, -0.1) is 11.6 Å². The summed E-state index contributed by atoms with van der Waals surface area (Å²) in [5.74, 6) is 1.23. The van der Waals surface area contributed by atoms with Crippen molar-refractivity contribution in [2.45, 2.75) is 6.42 Å². The fraction of sp³-hybridized carbons (Fsp3) is 0.333. The quantitative estimate of drug-likeness (QED) is 0.774. The molecule has 0 fully saturated rings. The number of nitrogens with two attached hydrogens (primary N) is 1. The zero-order valence-corrected chi connectivity index (χ0v) is 8.66. The fourth-order valence-corrected chi connectivity index (χ4v) is 1.02. The second-order valence-corrected chi connectivity index (χ2v) is 2.95. The highest BCUT2D eigenvalue weighted by Gasteiger charge is 2.01. The Labute approximate surface area is 87.8 Å². The van der Waals surface area contributed by atoms with Gasteiger partial charge in [0, 0.05) is 5.88 Å². The van der Waals surface area contributed by atoms with Crippen molar-refractivity contribution in [1.29, 1.82) is 0 Å². The second kappa shape index (κ2) is 5.44. The van der Waals surface area contributed by atoms with Gasteiger partial charge in [0.1, 0.15) is 0 Å². The summed E-state index contributed by atoms with van der Waals surface area (Å²) in [6.07, 6.45) is 6.14. The second-order valence-electron chi connectivity index (χ2n) is 2.57. The van der Waals surface area contributed by atoms with Crippen LogP contribution in [0.25, 0.3) is 6.08 Å². The van der Waals surface area contributed by atoms with Crippen molar-refractivity contribution >= 4 is 23.5 Å². The van der Waals surface area contributed by atoms with Gasteiger partial charge in [0.2, 0.25) is 0 Å². The van der Waals surface area contributed by atoms with Gasteiger partial charge in [-0.25, -0.2) is 9.97 Å². The maximum Gasteiger partial charge on any atom is 0.257 e. The molecule has 0 atom stereocenters. The molecular formula is C9H12ClN3O. The Bertz CT molecular complexity index is 328. The average Bonchev–Trinajstić information content (AvgIpc) is 2.21. The Kier molecular flexibility index (Phi) is 4.19. The minimum Gasteiger partial charge on any atom is -0.478 e. The van der Waals surface area contributed by atoms with Gasteiger partial charge in [-0.05, 0) is 12.5 Å². The highest BCUT2D eigenvalue weighted by molar-refractivity contribution is 6.17. The number of nitrogens with zero attached hydrogens (tertiary/aromatic N) is 2. The summed E-state index contributed by atoms with van der Waals surface area (Å²) < 4.78 is 4.93. The van der Waals surface area contributed by atoms with Crippen LogP contribution in [0.5, 0.6) is 5.88 Å². The molecule has 0 aliphatic carbocycles. The van der Waals surface area contributed by atoms with Gasteiger partial charge >= 0.3 is 0 Å². The molecule has 1 aromatic heterocycles. The SMILES string of the molecule is COc1nc(C=CCCCl)cnc1N. The molecule has 2 N–H and O–H groups in total. The van der Waals surface area contributed by atoms with E-state index in [1.807, 2.05) is 12.2 Å². The van der Waals surface area contributed by atoms with Gasteiger partial charge in [0.15, 0.2) is 5.82 Å². The van der Waals surface area contributed by atoms with E-state index in [2.05, 4.69) is 9.97 Å². The van der Waals surface area contributed by atoms with Gasteiger partial charge in [0.05, 0.1) is 19.0 Å². The van der Waals surface area contributed by atoms with Crippen molar-refractivity contribution < 1.29 is 4.74 Å². The third kappa shape index (κ3) is 2.88. The molecule has 1 aromatic rings. The molecule has 1 rings (SSSR count). The maximum atomic E-state index is 5.52. The van der Waals surface area contributed by atoms with E-state index in [4.69, 9.17) is 22.1 Å². The first-order valence-corrected chi connectivity index (χ1v) is 4.70. The molecular weight excluding hydrogens is 202 g/mol. The minimum absolute atomic E-state index is 0.294. The number of ether oxygens (including phenoxy) is 1. The average molecular weight is 214 g/mol. The van der Waals surface area contributed by atoms with E-state index in [-0.39, 0.29) is 0 Å². The van der Waals surface area contributed by atoms with E-state index in [1.54, 1.807) is 6.20 Å². The van der Waals surface area contributed by atoms with Crippen molar-refractivity contribution in [2.75, 3.05) is 18.7 Å². The number of methoxy groups -OCH3 is 1. The zero-order chi connectivity index (χ0) is 10.4. The fourth-order valence-electron chi connectivity index (χ4n) is 0.892. The number of anilines is 1. The van der Waals surface area contributed by atoms with Gasteiger partial charge in [-0.3, -0.25) is 0 Å². The molecule has 0 radical (unpaired) electrons. The van der Waals surface area contributed by atoms with E-state index in [9.17, 15) is 0 Å². The lowest BCUT2D eigenvalue weighted by Gasteiger charge is -2.01. The van der Waals surface area contributed by atoms with E-state index in [1.165, 1.54) is 7.11 Å². The minimum atomic E-state index is 0.294. The van der Waals surface area contributed by atoms with Gasteiger partial charge in [-0.2, -0.15) is 0 Å². The first kappa shape index (κ1) is 10.8. The van der Waals surface area contributed by atoms with Crippen molar-refractivity contribution in [3.63, 3.8) is 0 Å². The number of hydrogen-bond donors (Lipinski definition) is 1. The Morgan fingerprint density at radius 3 is 3.07 bits per heavy atom. The van der Waals surface area contributed by atoms with Crippen LogP contribution in [0.3, 0.4) is 0 Å². The number of aromatic nitrogens is 2. The van der Waals surface area contributed by atoms with Crippen LogP contribution >= 0.6 is 11.6 Å². The molecule has 4 nitrogen and oxygen atoms in total. The Balaban J connectivity index is 2.79. The van der Waals surface area contributed by atoms with Crippen LogP contribution < -0.4 is 10.5 Å².